The molecule has 0 bridgehead atoms. The monoisotopic (exact) mass is 480 g/mol. The van der Waals surface area contributed by atoms with Gasteiger partial charge in [-0.15, -0.1) is 0 Å². The van der Waals surface area contributed by atoms with Crippen LogP contribution >= 0.6 is 0 Å². The van der Waals surface area contributed by atoms with Crippen LogP contribution in [-0.2, 0) is 24.4 Å². The fourth-order valence-corrected chi connectivity index (χ4v) is 4.72. The first-order valence-corrected chi connectivity index (χ1v) is 14.0. The number of rotatable bonds is 5. The zero-order valence-electron chi connectivity index (χ0n) is 18.8. The first-order valence-electron chi connectivity index (χ1n) is 10.2. The topological polar surface area (TPSA) is 94.1 Å². The van der Waals surface area contributed by atoms with Crippen molar-refractivity contribution in [3.05, 3.63) is 78.6 Å². The van der Waals surface area contributed by atoms with E-state index in [2.05, 4.69) is 9.97 Å². The number of fused-ring (bicyclic) bond motifs is 1. The highest BCUT2D eigenvalue weighted by molar-refractivity contribution is 7.91. The van der Waals surface area contributed by atoms with E-state index in [0.29, 0.717) is 5.56 Å². The summed E-state index contributed by atoms with van der Waals surface area (Å²) >= 11 is 0. The van der Waals surface area contributed by atoms with Crippen molar-refractivity contribution in [2.24, 2.45) is 0 Å². The standard InChI is InChI=1S/C25H24N2O4S2/c1-25(2,33(4,30)31)21-14-19-9-6-12-26-24(19)22(15-21)18-8-5-7-17(13-18)20-10-11-23(27-16-20)32(3,28)29/h5-16H,1-4H3. The number of nitrogens with zero attached hydrogens (tertiary/aromatic N) is 2. The van der Waals surface area contributed by atoms with E-state index in [0.717, 1.165) is 39.4 Å². The van der Waals surface area contributed by atoms with Crippen LogP contribution in [0.1, 0.15) is 19.4 Å². The van der Waals surface area contributed by atoms with Crippen molar-refractivity contribution in [1.29, 1.82) is 0 Å². The zero-order chi connectivity index (χ0) is 24.0. The second kappa shape index (κ2) is 8.04. The lowest BCUT2D eigenvalue weighted by Gasteiger charge is -2.24. The summed E-state index contributed by atoms with van der Waals surface area (Å²) in [7, 11) is -6.74. The molecule has 0 radical (unpaired) electrons. The van der Waals surface area contributed by atoms with Crippen LogP contribution in [0.5, 0.6) is 0 Å². The maximum Gasteiger partial charge on any atom is 0.192 e. The molecule has 0 aliphatic rings. The highest BCUT2D eigenvalue weighted by Gasteiger charge is 2.33. The molecule has 8 heteroatoms. The average Bonchev–Trinajstić information content (AvgIpc) is 2.77. The van der Waals surface area contributed by atoms with E-state index in [1.807, 2.05) is 48.5 Å². The van der Waals surface area contributed by atoms with Gasteiger partial charge in [-0.2, -0.15) is 0 Å². The van der Waals surface area contributed by atoms with E-state index < -0.39 is 24.4 Å². The number of sulfone groups is 2. The summed E-state index contributed by atoms with van der Waals surface area (Å²) in [4.78, 5) is 8.64. The summed E-state index contributed by atoms with van der Waals surface area (Å²) < 4.78 is 47.4. The van der Waals surface area contributed by atoms with Gasteiger partial charge >= 0.3 is 0 Å². The number of hydrogen-bond acceptors (Lipinski definition) is 6. The lowest BCUT2D eigenvalue weighted by Crippen LogP contribution is -2.28. The number of pyridine rings is 2. The normalized spacial score (nSPS) is 12.7. The summed E-state index contributed by atoms with van der Waals surface area (Å²) in [6.45, 7) is 3.41. The van der Waals surface area contributed by atoms with Crippen molar-refractivity contribution in [2.45, 2.75) is 23.6 Å². The molecule has 0 amide bonds. The summed E-state index contributed by atoms with van der Waals surface area (Å²) in [6.07, 6.45) is 5.62. The number of aromatic nitrogens is 2. The highest BCUT2D eigenvalue weighted by atomic mass is 32.2. The van der Waals surface area contributed by atoms with Crippen molar-refractivity contribution in [1.82, 2.24) is 9.97 Å². The summed E-state index contributed by atoms with van der Waals surface area (Å²) in [6, 6.07) is 18.5. The maximum atomic E-state index is 12.5. The van der Waals surface area contributed by atoms with E-state index in [1.54, 1.807) is 26.1 Å². The molecular formula is C25H24N2O4S2. The summed E-state index contributed by atoms with van der Waals surface area (Å²) in [5.74, 6) is 0. The van der Waals surface area contributed by atoms with Crippen LogP contribution in [0.15, 0.2) is 78.1 Å². The van der Waals surface area contributed by atoms with Gasteiger partial charge in [0.1, 0.15) is 0 Å². The van der Waals surface area contributed by atoms with Crippen LogP contribution in [0.4, 0.5) is 0 Å². The van der Waals surface area contributed by atoms with E-state index in [4.69, 9.17) is 0 Å². The van der Waals surface area contributed by atoms with Gasteiger partial charge in [0.05, 0.1) is 10.3 Å². The second-order valence-electron chi connectivity index (χ2n) is 8.62. The van der Waals surface area contributed by atoms with E-state index in [-0.39, 0.29) is 5.03 Å². The van der Waals surface area contributed by atoms with Gasteiger partial charge in [-0.25, -0.2) is 21.8 Å². The Morgan fingerprint density at radius 1 is 0.758 bits per heavy atom. The quantitative estimate of drug-likeness (QED) is 0.413. The summed E-state index contributed by atoms with van der Waals surface area (Å²) in [5.41, 5.74) is 4.78. The fraction of sp³-hybridized carbons (Fsp3) is 0.200. The van der Waals surface area contributed by atoms with Gasteiger partial charge < -0.3 is 0 Å². The Bertz CT molecular complexity index is 1570. The molecule has 0 atom stereocenters. The Morgan fingerprint density at radius 2 is 1.48 bits per heavy atom. The number of benzene rings is 2. The minimum atomic E-state index is -3.38. The predicted molar refractivity (Wildman–Crippen MR) is 131 cm³/mol. The van der Waals surface area contributed by atoms with Gasteiger partial charge in [-0.3, -0.25) is 4.98 Å². The van der Waals surface area contributed by atoms with Gasteiger partial charge in [-0.05, 0) is 66.9 Å². The van der Waals surface area contributed by atoms with Gasteiger partial charge in [0.2, 0.25) is 0 Å². The van der Waals surface area contributed by atoms with Crippen molar-refractivity contribution >= 4 is 30.6 Å². The minimum Gasteiger partial charge on any atom is -0.256 e. The van der Waals surface area contributed by atoms with Crippen LogP contribution in [0.3, 0.4) is 0 Å². The molecule has 33 heavy (non-hydrogen) atoms. The second-order valence-corrected chi connectivity index (χ2v) is 13.1. The molecule has 0 N–H and O–H groups in total. The lowest BCUT2D eigenvalue weighted by atomic mass is 9.92. The van der Waals surface area contributed by atoms with Gasteiger partial charge in [0, 0.05) is 41.4 Å². The molecule has 170 valence electrons. The molecule has 0 aliphatic heterocycles. The van der Waals surface area contributed by atoms with E-state index in [9.17, 15) is 16.8 Å². The molecule has 4 rings (SSSR count). The number of hydrogen-bond donors (Lipinski definition) is 0. The first-order chi connectivity index (χ1) is 15.4. The molecule has 2 heterocycles. The van der Waals surface area contributed by atoms with Crippen molar-refractivity contribution in [3.63, 3.8) is 0 Å². The Kier molecular flexibility index (Phi) is 5.62. The molecule has 6 nitrogen and oxygen atoms in total. The Labute approximate surface area is 194 Å². The average molecular weight is 481 g/mol. The third kappa shape index (κ3) is 4.41. The lowest BCUT2D eigenvalue weighted by molar-refractivity contribution is 0.561. The summed E-state index contributed by atoms with van der Waals surface area (Å²) in [5, 5.41) is 0.875. The van der Waals surface area contributed by atoms with Crippen molar-refractivity contribution < 1.29 is 16.8 Å². The van der Waals surface area contributed by atoms with Crippen molar-refractivity contribution in [3.8, 4) is 22.3 Å². The van der Waals surface area contributed by atoms with Crippen LogP contribution < -0.4 is 0 Å². The Hall–Kier alpha value is -3.10. The first kappa shape index (κ1) is 23.1. The maximum absolute atomic E-state index is 12.5. The molecule has 0 saturated heterocycles. The minimum absolute atomic E-state index is 0.0216. The Balaban J connectivity index is 1.89. The SMILES string of the molecule is CC(C)(c1cc(-c2cccc(-c3ccc(S(C)(=O)=O)nc3)c2)c2ncccc2c1)S(C)(=O)=O. The van der Waals surface area contributed by atoms with Crippen molar-refractivity contribution in [2.75, 3.05) is 12.5 Å². The Morgan fingerprint density at radius 3 is 2.12 bits per heavy atom. The zero-order valence-corrected chi connectivity index (χ0v) is 20.4. The molecule has 0 aliphatic carbocycles. The third-order valence-electron chi connectivity index (χ3n) is 5.95. The smallest absolute Gasteiger partial charge is 0.192 e. The van der Waals surface area contributed by atoms with Crippen LogP contribution in [0, 0.1) is 0 Å². The highest BCUT2D eigenvalue weighted by Crippen LogP contribution is 2.37. The molecule has 0 unspecified atom stereocenters. The van der Waals surface area contributed by atoms with E-state index >= 15 is 0 Å². The third-order valence-corrected chi connectivity index (χ3v) is 9.04. The van der Waals surface area contributed by atoms with Gasteiger partial charge in [0.15, 0.2) is 24.7 Å². The molecule has 0 saturated carbocycles. The molecule has 2 aromatic heterocycles. The molecule has 2 aromatic carbocycles. The van der Waals surface area contributed by atoms with Crippen LogP contribution in [0.2, 0.25) is 0 Å². The molecule has 0 fully saturated rings. The predicted octanol–water partition coefficient (Wildman–Crippen LogP) is 4.65. The van der Waals surface area contributed by atoms with E-state index in [1.165, 1.54) is 18.5 Å². The molecule has 4 aromatic rings. The largest absolute Gasteiger partial charge is 0.256 e. The van der Waals surface area contributed by atoms with Crippen LogP contribution in [-0.4, -0.2) is 39.3 Å². The van der Waals surface area contributed by atoms with Crippen LogP contribution in [0.25, 0.3) is 33.2 Å². The fourth-order valence-electron chi connectivity index (χ4n) is 3.61. The molecule has 0 spiro atoms. The molecular weight excluding hydrogens is 456 g/mol. The van der Waals surface area contributed by atoms with Gasteiger partial charge in [0.25, 0.3) is 0 Å². The van der Waals surface area contributed by atoms with Gasteiger partial charge in [-0.1, -0.05) is 24.3 Å².